The fourth-order valence-corrected chi connectivity index (χ4v) is 3.41. The van der Waals surface area contributed by atoms with Crippen molar-refractivity contribution >= 4 is 51.1 Å². The summed E-state index contributed by atoms with van der Waals surface area (Å²) in [5.41, 5.74) is 2.26. The van der Waals surface area contributed by atoms with E-state index < -0.39 is 6.03 Å². The minimum atomic E-state index is -0.479. The number of imide groups is 1. The number of urea groups is 1. The molecule has 156 valence electrons. The Morgan fingerprint density at radius 1 is 0.933 bits per heavy atom. The van der Waals surface area contributed by atoms with Gasteiger partial charge in [-0.2, -0.15) is 0 Å². The number of hydrogen-bond acceptors (Lipinski definition) is 4. The summed E-state index contributed by atoms with van der Waals surface area (Å²) in [4.78, 5) is 48.2. The van der Waals surface area contributed by atoms with Gasteiger partial charge in [-0.05, 0) is 42.3 Å². The number of carbonyl (C=O) groups is 4. The van der Waals surface area contributed by atoms with Crippen LogP contribution in [-0.4, -0.2) is 41.7 Å². The highest BCUT2D eigenvalue weighted by Gasteiger charge is 2.28. The number of nitrogens with one attached hydrogen (secondary N) is 3. The highest BCUT2D eigenvalue weighted by molar-refractivity contribution is 9.10. The van der Waals surface area contributed by atoms with Crippen LogP contribution in [-0.2, 0) is 20.8 Å². The maximum absolute atomic E-state index is 12.2. The van der Waals surface area contributed by atoms with Crippen LogP contribution >= 0.6 is 15.9 Å². The third-order valence-electron chi connectivity index (χ3n) is 4.53. The Labute approximate surface area is 182 Å². The molecule has 1 heterocycles. The number of aryl methyl sites for hydroxylation is 1. The van der Waals surface area contributed by atoms with Gasteiger partial charge in [-0.3, -0.25) is 19.3 Å². The second-order valence-corrected chi connectivity index (χ2v) is 7.57. The predicted molar refractivity (Wildman–Crippen MR) is 116 cm³/mol. The quantitative estimate of drug-likeness (QED) is 0.513. The van der Waals surface area contributed by atoms with E-state index in [0.717, 1.165) is 14.9 Å². The summed E-state index contributed by atoms with van der Waals surface area (Å²) < 4.78 is 0.979. The first-order valence-corrected chi connectivity index (χ1v) is 10.2. The number of anilines is 2. The zero-order valence-electron chi connectivity index (χ0n) is 16.1. The Bertz CT molecular complexity index is 946. The van der Waals surface area contributed by atoms with Crippen LogP contribution < -0.4 is 16.0 Å². The second kappa shape index (κ2) is 10.0. The summed E-state index contributed by atoms with van der Waals surface area (Å²) in [7, 11) is 0. The molecule has 3 rings (SSSR count). The van der Waals surface area contributed by atoms with Gasteiger partial charge in [0.25, 0.3) is 0 Å². The molecule has 3 N–H and O–H groups in total. The summed E-state index contributed by atoms with van der Waals surface area (Å²) in [6.45, 7) is -0.00156. The number of hydrogen-bond donors (Lipinski definition) is 3. The summed E-state index contributed by atoms with van der Waals surface area (Å²) in [6.07, 6.45) is 0.982. The maximum Gasteiger partial charge on any atom is 0.324 e. The SMILES string of the molecule is O=C(CCc1ccccc1Br)Nc1ccc(NC(=O)CCN2C(=O)CNC2=O)cc1. The minimum absolute atomic E-state index is 0.00664. The van der Waals surface area contributed by atoms with Crippen molar-refractivity contribution in [1.82, 2.24) is 10.2 Å². The van der Waals surface area contributed by atoms with Crippen molar-refractivity contribution in [2.75, 3.05) is 23.7 Å². The zero-order valence-corrected chi connectivity index (χ0v) is 17.7. The van der Waals surface area contributed by atoms with Gasteiger partial charge in [-0.15, -0.1) is 0 Å². The number of halogens is 1. The molecule has 1 fully saturated rings. The number of benzene rings is 2. The minimum Gasteiger partial charge on any atom is -0.329 e. The molecule has 0 atom stereocenters. The summed E-state index contributed by atoms with van der Waals surface area (Å²) in [5.74, 6) is -0.753. The molecule has 9 heteroatoms. The molecule has 0 radical (unpaired) electrons. The maximum atomic E-state index is 12.2. The van der Waals surface area contributed by atoms with Gasteiger partial charge in [-0.25, -0.2) is 4.79 Å². The molecule has 2 aromatic carbocycles. The van der Waals surface area contributed by atoms with E-state index in [4.69, 9.17) is 0 Å². The van der Waals surface area contributed by atoms with E-state index in [1.165, 1.54) is 0 Å². The first-order chi connectivity index (χ1) is 14.4. The molecule has 0 bridgehead atoms. The van der Waals surface area contributed by atoms with Crippen LogP contribution in [0.2, 0.25) is 0 Å². The van der Waals surface area contributed by atoms with E-state index in [9.17, 15) is 19.2 Å². The van der Waals surface area contributed by atoms with Gasteiger partial charge in [0.2, 0.25) is 17.7 Å². The van der Waals surface area contributed by atoms with Gasteiger partial charge in [-0.1, -0.05) is 34.1 Å². The Hall–Kier alpha value is -3.20. The van der Waals surface area contributed by atoms with Crippen LogP contribution in [0.3, 0.4) is 0 Å². The lowest BCUT2D eigenvalue weighted by molar-refractivity contribution is -0.125. The second-order valence-electron chi connectivity index (χ2n) is 6.72. The fraction of sp³-hybridized carbons (Fsp3) is 0.238. The molecule has 5 amide bonds. The van der Waals surface area contributed by atoms with Crippen molar-refractivity contribution in [2.45, 2.75) is 19.3 Å². The molecule has 8 nitrogen and oxygen atoms in total. The van der Waals surface area contributed by atoms with Gasteiger partial charge in [0.1, 0.15) is 0 Å². The van der Waals surface area contributed by atoms with Crippen molar-refractivity contribution in [3.05, 3.63) is 58.6 Å². The van der Waals surface area contributed by atoms with E-state index in [1.807, 2.05) is 24.3 Å². The molecule has 1 aliphatic heterocycles. The Balaban J connectivity index is 1.43. The van der Waals surface area contributed by atoms with Crippen molar-refractivity contribution in [1.29, 1.82) is 0 Å². The molecule has 30 heavy (non-hydrogen) atoms. The highest BCUT2D eigenvalue weighted by Crippen LogP contribution is 2.18. The Morgan fingerprint density at radius 2 is 1.53 bits per heavy atom. The molecular weight excluding hydrogens is 452 g/mol. The van der Waals surface area contributed by atoms with Crippen molar-refractivity contribution < 1.29 is 19.2 Å². The van der Waals surface area contributed by atoms with Crippen LogP contribution in [0.4, 0.5) is 16.2 Å². The molecule has 0 saturated carbocycles. The Morgan fingerprint density at radius 3 is 2.10 bits per heavy atom. The van der Waals surface area contributed by atoms with Crippen LogP contribution in [0.15, 0.2) is 53.0 Å². The average molecular weight is 473 g/mol. The van der Waals surface area contributed by atoms with Crippen molar-refractivity contribution in [3.63, 3.8) is 0 Å². The van der Waals surface area contributed by atoms with Crippen LogP contribution in [0.5, 0.6) is 0 Å². The molecule has 0 aromatic heterocycles. The van der Waals surface area contributed by atoms with E-state index in [1.54, 1.807) is 24.3 Å². The van der Waals surface area contributed by atoms with Gasteiger partial charge in [0.05, 0.1) is 6.54 Å². The number of amides is 5. The van der Waals surface area contributed by atoms with Crippen molar-refractivity contribution in [2.24, 2.45) is 0 Å². The topological polar surface area (TPSA) is 108 Å². The number of carbonyl (C=O) groups excluding carboxylic acids is 4. The summed E-state index contributed by atoms with van der Waals surface area (Å²) >= 11 is 3.47. The van der Waals surface area contributed by atoms with Gasteiger partial charge >= 0.3 is 6.03 Å². The third-order valence-corrected chi connectivity index (χ3v) is 5.30. The normalized spacial score (nSPS) is 13.2. The third kappa shape index (κ3) is 5.90. The molecule has 0 unspecified atom stereocenters. The van der Waals surface area contributed by atoms with Crippen LogP contribution in [0.1, 0.15) is 18.4 Å². The number of rotatable bonds is 8. The summed E-state index contributed by atoms with van der Waals surface area (Å²) in [5, 5.41) is 7.94. The standard InChI is InChI=1S/C21H21BrN4O4/c22-17-4-2-1-3-14(17)5-10-18(27)24-15-6-8-16(9-7-15)25-19(28)11-12-26-20(29)13-23-21(26)30/h1-4,6-9H,5,10-13H2,(H,23,30)(H,24,27)(H,25,28). The Kier molecular flexibility index (Phi) is 7.18. The first-order valence-electron chi connectivity index (χ1n) is 9.44. The molecule has 1 saturated heterocycles. The smallest absolute Gasteiger partial charge is 0.324 e. The highest BCUT2D eigenvalue weighted by atomic mass is 79.9. The van der Waals surface area contributed by atoms with E-state index >= 15 is 0 Å². The van der Waals surface area contributed by atoms with E-state index in [0.29, 0.717) is 24.2 Å². The number of nitrogens with zero attached hydrogens (tertiary/aromatic N) is 1. The molecule has 1 aliphatic rings. The monoisotopic (exact) mass is 472 g/mol. The summed E-state index contributed by atoms with van der Waals surface area (Å²) in [6, 6.07) is 14.0. The fourth-order valence-electron chi connectivity index (χ4n) is 2.93. The molecule has 0 spiro atoms. The molecular formula is C21H21BrN4O4. The van der Waals surface area contributed by atoms with Crippen LogP contribution in [0, 0.1) is 0 Å². The predicted octanol–water partition coefficient (Wildman–Crippen LogP) is 2.90. The average Bonchev–Trinajstić information content (AvgIpc) is 3.05. The lowest BCUT2D eigenvalue weighted by atomic mass is 10.1. The first kappa shape index (κ1) is 21.5. The van der Waals surface area contributed by atoms with Crippen LogP contribution in [0.25, 0.3) is 0 Å². The van der Waals surface area contributed by atoms with E-state index in [2.05, 4.69) is 31.9 Å². The van der Waals surface area contributed by atoms with Gasteiger partial charge < -0.3 is 16.0 Å². The van der Waals surface area contributed by atoms with Gasteiger partial charge in [0, 0.05) is 35.2 Å². The lowest BCUT2D eigenvalue weighted by Crippen LogP contribution is -2.33. The van der Waals surface area contributed by atoms with Gasteiger partial charge in [0.15, 0.2) is 0 Å². The molecule has 0 aliphatic carbocycles. The molecule has 2 aromatic rings. The lowest BCUT2D eigenvalue weighted by Gasteiger charge is -2.12. The zero-order chi connectivity index (χ0) is 21.5. The van der Waals surface area contributed by atoms with E-state index in [-0.39, 0.29) is 37.2 Å². The van der Waals surface area contributed by atoms with Crippen molar-refractivity contribution in [3.8, 4) is 0 Å². The largest absolute Gasteiger partial charge is 0.329 e.